The molecule has 0 atom stereocenters. The fourth-order valence-electron chi connectivity index (χ4n) is 1.57. The summed E-state index contributed by atoms with van der Waals surface area (Å²) in [5.74, 6) is 0. The van der Waals surface area contributed by atoms with Crippen molar-refractivity contribution in [2.24, 2.45) is 0 Å². The van der Waals surface area contributed by atoms with Crippen LogP contribution in [0, 0.1) is 0 Å². The molecule has 2 nitrogen and oxygen atoms in total. The highest BCUT2D eigenvalue weighted by Crippen LogP contribution is 2.12. The van der Waals surface area contributed by atoms with E-state index in [9.17, 15) is 0 Å². The Morgan fingerprint density at radius 1 is 1.13 bits per heavy atom. The molecule has 0 radical (unpaired) electrons. The molecule has 84 valence electrons. The molecule has 0 spiro atoms. The van der Waals surface area contributed by atoms with Gasteiger partial charge in [-0.3, -0.25) is 0 Å². The topological polar surface area (TPSA) is 20.3 Å². The molecule has 0 saturated carbocycles. The van der Waals surface area contributed by atoms with Crippen molar-refractivity contribution in [3.05, 3.63) is 35.4 Å². The van der Waals surface area contributed by atoms with Crippen LogP contribution in [-0.4, -0.2) is 25.8 Å². The zero-order chi connectivity index (χ0) is 11.7. The minimum absolute atomic E-state index is 1.05. The summed E-state index contributed by atoms with van der Waals surface area (Å²) >= 11 is 0. The van der Waals surface area contributed by atoms with Crippen LogP contribution in [0.25, 0.3) is 0 Å². The van der Waals surface area contributed by atoms with Gasteiger partial charge in [0.2, 0.25) is 0 Å². The van der Waals surface area contributed by atoms with Crippen molar-refractivity contribution >= 4 is 6.79 Å². The molecule has 0 saturated heterocycles. The molecule has 1 rings (SSSR count). The summed E-state index contributed by atoms with van der Waals surface area (Å²) in [6, 6.07) is 8.72. The van der Waals surface area contributed by atoms with Gasteiger partial charge >= 0.3 is 0 Å². The predicted octanol–water partition coefficient (Wildman–Crippen LogP) is 2.52. The molecular formula is C13H21NO. The second-order valence-electron chi connectivity index (χ2n) is 3.76. The first-order valence-electron chi connectivity index (χ1n) is 5.24. The van der Waals surface area contributed by atoms with Crippen LogP contribution >= 0.6 is 0 Å². The molecule has 0 aliphatic carbocycles. The van der Waals surface area contributed by atoms with E-state index in [4.69, 9.17) is 4.79 Å². The molecule has 0 amide bonds. The van der Waals surface area contributed by atoms with Crippen molar-refractivity contribution < 1.29 is 4.79 Å². The number of rotatable bonds is 4. The van der Waals surface area contributed by atoms with E-state index in [-0.39, 0.29) is 0 Å². The molecule has 0 heterocycles. The third kappa shape index (κ3) is 5.33. The summed E-state index contributed by atoms with van der Waals surface area (Å²) < 4.78 is 0. The lowest BCUT2D eigenvalue weighted by atomic mass is 10.0. The van der Waals surface area contributed by atoms with Gasteiger partial charge in [-0.1, -0.05) is 37.6 Å². The van der Waals surface area contributed by atoms with E-state index in [1.165, 1.54) is 24.0 Å². The standard InChI is InChI=1S/C12H19N.CH2O/c1-4-7-11-8-5-6-9-12(11)10-13(2)3;1-2/h5-6,8-9H,4,7,10H2,1-3H3;1H2. The minimum Gasteiger partial charge on any atom is -0.307 e. The third-order valence-corrected chi connectivity index (χ3v) is 2.12. The molecule has 0 N–H and O–H groups in total. The van der Waals surface area contributed by atoms with Gasteiger partial charge in [0.25, 0.3) is 0 Å². The smallest absolute Gasteiger partial charge is 0.106 e. The lowest BCUT2D eigenvalue weighted by Gasteiger charge is -2.13. The Kier molecular flexibility index (Phi) is 7.56. The Bertz CT molecular complexity index is 271. The monoisotopic (exact) mass is 207 g/mol. The summed E-state index contributed by atoms with van der Waals surface area (Å²) in [4.78, 5) is 10.2. The molecule has 2 heteroatoms. The number of nitrogens with zero attached hydrogens (tertiary/aromatic N) is 1. The summed E-state index contributed by atoms with van der Waals surface area (Å²) in [6.45, 7) is 5.28. The number of aryl methyl sites for hydroxylation is 1. The highest BCUT2D eigenvalue weighted by atomic mass is 16.1. The molecule has 15 heavy (non-hydrogen) atoms. The number of hydrogen-bond donors (Lipinski definition) is 0. The van der Waals surface area contributed by atoms with Gasteiger partial charge in [-0.05, 0) is 31.6 Å². The first-order valence-corrected chi connectivity index (χ1v) is 5.24. The van der Waals surface area contributed by atoms with Crippen molar-refractivity contribution in [2.45, 2.75) is 26.3 Å². The maximum atomic E-state index is 8.00. The number of benzene rings is 1. The highest BCUT2D eigenvalue weighted by molar-refractivity contribution is 5.27. The van der Waals surface area contributed by atoms with E-state index in [0.717, 1.165) is 6.54 Å². The van der Waals surface area contributed by atoms with E-state index in [1.807, 2.05) is 6.79 Å². The van der Waals surface area contributed by atoms with Crippen molar-refractivity contribution in [3.8, 4) is 0 Å². The summed E-state index contributed by atoms with van der Waals surface area (Å²) in [5.41, 5.74) is 2.97. The number of hydrogen-bond acceptors (Lipinski definition) is 2. The van der Waals surface area contributed by atoms with Crippen molar-refractivity contribution in [2.75, 3.05) is 14.1 Å². The van der Waals surface area contributed by atoms with Crippen molar-refractivity contribution in [1.82, 2.24) is 4.90 Å². The van der Waals surface area contributed by atoms with Crippen molar-refractivity contribution in [3.63, 3.8) is 0 Å². The summed E-state index contributed by atoms with van der Waals surface area (Å²) in [5, 5.41) is 0. The Hall–Kier alpha value is -1.15. The van der Waals surface area contributed by atoms with Gasteiger partial charge < -0.3 is 9.69 Å². The Balaban J connectivity index is 0.000000921. The maximum absolute atomic E-state index is 8.00. The summed E-state index contributed by atoms with van der Waals surface area (Å²) in [6.07, 6.45) is 2.43. The fraction of sp³-hybridized carbons (Fsp3) is 0.462. The highest BCUT2D eigenvalue weighted by Gasteiger charge is 2.00. The van der Waals surface area contributed by atoms with Crippen LogP contribution in [0.4, 0.5) is 0 Å². The summed E-state index contributed by atoms with van der Waals surface area (Å²) in [7, 11) is 4.23. The fourth-order valence-corrected chi connectivity index (χ4v) is 1.57. The molecule has 1 aromatic rings. The van der Waals surface area contributed by atoms with E-state index < -0.39 is 0 Å². The van der Waals surface area contributed by atoms with Crippen molar-refractivity contribution in [1.29, 1.82) is 0 Å². The molecule has 0 aromatic heterocycles. The molecule has 0 aliphatic rings. The van der Waals surface area contributed by atoms with Gasteiger partial charge in [0, 0.05) is 6.54 Å². The third-order valence-electron chi connectivity index (χ3n) is 2.12. The van der Waals surface area contributed by atoms with Crippen LogP contribution in [0.3, 0.4) is 0 Å². The average Bonchev–Trinajstić information content (AvgIpc) is 2.23. The van der Waals surface area contributed by atoms with E-state index in [2.05, 4.69) is 50.2 Å². The largest absolute Gasteiger partial charge is 0.307 e. The zero-order valence-electron chi connectivity index (χ0n) is 9.99. The SMILES string of the molecule is C=O.CCCc1ccccc1CN(C)C. The van der Waals surface area contributed by atoms with Crippen LogP contribution in [-0.2, 0) is 17.8 Å². The number of carbonyl (C=O) groups is 1. The van der Waals surface area contributed by atoms with Gasteiger partial charge in [0.1, 0.15) is 6.79 Å². The molecule has 1 aromatic carbocycles. The van der Waals surface area contributed by atoms with E-state index in [0.29, 0.717) is 0 Å². The van der Waals surface area contributed by atoms with Crippen LogP contribution < -0.4 is 0 Å². The predicted molar refractivity (Wildman–Crippen MR) is 64.9 cm³/mol. The Morgan fingerprint density at radius 2 is 1.67 bits per heavy atom. The average molecular weight is 207 g/mol. The molecule has 0 unspecified atom stereocenters. The Labute approximate surface area is 92.9 Å². The van der Waals surface area contributed by atoms with Gasteiger partial charge in [-0.25, -0.2) is 0 Å². The van der Waals surface area contributed by atoms with E-state index in [1.54, 1.807) is 0 Å². The lowest BCUT2D eigenvalue weighted by Crippen LogP contribution is -2.12. The van der Waals surface area contributed by atoms with Gasteiger partial charge in [-0.15, -0.1) is 0 Å². The molecular weight excluding hydrogens is 186 g/mol. The number of carbonyl (C=O) groups excluding carboxylic acids is 1. The minimum atomic E-state index is 1.05. The normalized spacial score (nSPS) is 9.60. The van der Waals surface area contributed by atoms with Crippen LogP contribution in [0.5, 0.6) is 0 Å². The van der Waals surface area contributed by atoms with Crippen LogP contribution in [0.2, 0.25) is 0 Å². The Morgan fingerprint density at radius 3 is 2.13 bits per heavy atom. The first kappa shape index (κ1) is 13.8. The molecule has 0 fully saturated rings. The van der Waals surface area contributed by atoms with Gasteiger partial charge in [0.05, 0.1) is 0 Å². The zero-order valence-corrected chi connectivity index (χ0v) is 9.99. The van der Waals surface area contributed by atoms with Crippen LogP contribution in [0.1, 0.15) is 24.5 Å². The van der Waals surface area contributed by atoms with E-state index >= 15 is 0 Å². The van der Waals surface area contributed by atoms with Gasteiger partial charge in [0.15, 0.2) is 0 Å². The first-order chi connectivity index (χ1) is 7.24. The second kappa shape index (κ2) is 8.18. The lowest BCUT2D eigenvalue weighted by molar-refractivity contribution is -0.0979. The molecule has 0 bridgehead atoms. The quantitative estimate of drug-likeness (QED) is 0.756. The van der Waals surface area contributed by atoms with Gasteiger partial charge in [-0.2, -0.15) is 0 Å². The maximum Gasteiger partial charge on any atom is 0.106 e. The van der Waals surface area contributed by atoms with Crippen LogP contribution in [0.15, 0.2) is 24.3 Å². The molecule has 0 aliphatic heterocycles. The second-order valence-corrected chi connectivity index (χ2v) is 3.76.